The van der Waals surface area contributed by atoms with E-state index in [0.717, 1.165) is 55.5 Å². The Kier molecular flexibility index (Phi) is 8.62. The molecule has 188 valence electrons. The van der Waals surface area contributed by atoms with Crippen molar-refractivity contribution in [3.05, 3.63) is 77.3 Å². The van der Waals surface area contributed by atoms with Gasteiger partial charge in [0, 0.05) is 36.8 Å². The first-order valence-corrected chi connectivity index (χ1v) is 12.7. The summed E-state index contributed by atoms with van der Waals surface area (Å²) in [5, 5.41) is 18.7. The first kappa shape index (κ1) is 25.3. The third-order valence-electron chi connectivity index (χ3n) is 6.47. The van der Waals surface area contributed by atoms with Gasteiger partial charge in [0.15, 0.2) is 5.69 Å². The van der Waals surface area contributed by atoms with Crippen LogP contribution in [0, 0.1) is 5.41 Å². The first-order valence-electron chi connectivity index (χ1n) is 12.7. The lowest BCUT2D eigenvalue weighted by molar-refractivity contribution is -0.572. The number of nitrogens with one attached hydrogen (secondary N) is 2. The standard InChI is InChI=1S/C28H35N7O/c1-20-14-15-31-27-22(12-8-3-2-4-9-13-24(36)34-20)16-32-28(30)25(27)26(29)23-17-33-35(19-23)18-21-10-6-5-7-11-21/h5-8,10-12,16-17,19-20,29,31H,2-4,9,13-15,18H2,1H3,(H2,30,32)(H,34,36)/p+1/b12-8+,29-26?/t20-/m1/s1. The van der Waals surface area contributed by atoms with Crippen LogP contribution < -0.4 is 16.4 Å². The Morgan fingerprint density at radius 2 is 2.06 bits per heavy atom. The van der Waals surface area contributed by atoms with E-state index < -0.39 is 0 Å². The molecule has 2 aromatic heterocycles. The number of carbonyl (C=O) groups is 1. The summed E-state index contributed by atoms with van der Waals surface area (Å²) in [5.74, 6) is 0.454. The van der Waals surface area contributed by atoms with Crippen molar-refractivity contribution < 1.29 is 10.1 Å². The fraction of sp³-hybridized carbons (Fsp3) is 0.357. The summed E-state index contributed by atoms with van der Waals surface area (Å²) in [6.07, 6.45) is 14.9. The summed E-state index contributed by atoms with van der Waals surface area (Å²) in [6, 6.07) is 10.2. The maximum atomic E-state index is 12.2. The van der Waals surface area contributed by atoms with Gasteiger partial charge in [-0.1, -0.05) is 48.9 Å². The summed E-state index contributed by atoms with van der Waals surface area (Å²) in [6.45, 7) is 3.42. The fourth-order valence-corrected chi connectivity index (χ4v) is 4.50. The molecule has 0 saturated carbocycles. The SMILES string of the molecule is C[C@@H]1CC[NH2+]c2c(cnc(N)c2C(=N)c2cnn(Cc3ccccc3)c2)/C=C/CCCCCC(=O)N1. The molecule has 8 heteroatoms. The van der Waals surface area contributed by atoms with Crippen LogP contribution in [0.4, 0.5) is 11.5 Å². The molecule has 0 aliphatic carbocycles. The number of benzene rings is 1. The second kappa shape index (κ2) is 12.3. The third kappa shape index (κ3) is 6.66. The summed E-state index contributed by atoms with van der Waals surface area (Å²) in [7, 11) is 0. The van der Waals surface area contributed by atoms with E-state index in [0.29, 0.717) is 35.6 Å². The zero-order valence-corrected chi connectivity index (χ0v) is 20.9. The lowest BCUT2D eigenvalue weighted by atomic mass is 10.0. The Hall–Kier alpha value is -3.78. The van der Waals surface area contributed by atoms with E-state index in [4.69, 9.17) is 11.1 Å². The molecule has 0 saturated heterocycles. The first-order chi connectivity index (χ1) is 17.5. The van der Waals surface area contributed by atoms with Crippen molar-refractivity contribution in [1.29, 1.82) is 5.41 Å². The highest BCUT2D eigenvalue weighted by molar-refractivity contribution is 6.16. The molecule has 0 bridgehead atoms. The predicted molar refractivity (Wildman–Crippen MR) is 143 cm³/mol. The van der Waals surface area contributed by atoms with Gasteiger partial charge in [-0.2, -0.15) is 5.10 Å². The third-order valence-corrected chi connectivity index (χ3v) is 6.47. The Bertz CT molecular complexity index is 1220. The number of hydrogen-bond donors (Lipinski definition) is 4. The van der Waals surface area contributed by atoms with Gasteiger partial charge in [-0.15, -0.1) is 0 Å². The molecule has 36 heavy (non-hydrogen) atoms. The number of carbonyl (C=O) groups excluding carboxylic acids is 1. The smallest absolute Gasteiger partial charge is 0.220 e. The summed E-state index contributed by atoms with van der Waals surface area (Å²) in [5.41, 5.74) is 11.0. The van der Waals surface area contributed by atoms with Crippen LogP contribution in [0.1, 0.15) is 67.7 Å². The number of amides is 1. The van der Waals surface area contributed by atoms with E-state index in [2.05, 4.69) is 45.0 Å². The number of nitrogens with zero attached hydrogens (tertiary/aromatic N) is 3. The number of aromatic nitrogens is 3. The number of rotatable bonds is 4. The number of fused-ring (bicyclic) bond motifs is 1. The van der Waals surface area contributed by atoms with E-state index in [9.17, 15) is 4.79 Å². The van der Waals surface area contributed by atoms with Crippen molar-refractivity contribution in [3.8, 4) is 0 Å². The second-order valence-electron chi connectivity index (χ2n) is 9.43. The largest absolute Gasteiger partial charge is 0.383 e. The van der Waals surface area contributed by atoms with Gasteiger partial charge < -0.3 is 16.4 Å². The van der Waals surface area contributed by atoms with Crippen LogP contribution in [-0.4, -0.2) is 39.0 Å². The van der Waals surface area contributed by atoms with Gasteiger partial charge in [0.2, 0.25) is 5.91 Å². The second-order valence-corrected chi connectivity index (χ2v) is 9.43. The average Bonchev–Trinajstić information content (AvgIpc) is 3.32. The minimum atomic E-state index is 0.0798. The maximum Gasteiger partial charge on any atom is 0.220 e. The van der Waals surface area contributed by atoms with Crippen molar-refractivity contribution in [2.75, 3.05) is 12.3 Å². The quantitative estimate of drug-likeness (QED) is 0.422. The molecule has 4 rings (SSSR count). The molecular formula is C28H36N7O+. The van der Waals surface area contributed by atoms with Crippen LogP contribution in [0.2, 0.25) is 0 Å². The number of hydrogen-bond acceptors (Lipinski definition) is 5. The molecule has 0 spiro atoms. The highest BCUT2D eigenvalue weighted by Crippen LogP contribution is 2.25. The van der Waals surface area contributed by atoms with Crippen LogP contribution in [0.25, 0.3) is 6.08 Å². The Morgan fingerprint density at radius 1 is 1.22 bits per heavy atom. The highest BCUT2D eigenvalue weighted by Gasteiger charge is 2.22. The topological polar surface area (TPSA) is 126 Å². The van der Waals surface area contributed by atoms with Gasteiger partial charge in [-0.25, -0.2) is 4.98 Å². The fourth-order valence-electron chi connectivity index (χ4n) is 4.50. The zero-order valence-electron chi connectivity index (χ0n) is 20.9. The molecule has 1 aliphatic heterocycles. The maximum absolute atomic E-state index is 12.2. The molecule has 0 unspecified atom stereocenters. The molecular weight excluding hydrogens is 450 g/mol. The molecule has 0 fully saturated rings. The summed E-state index contributed by atoms with van der Waals surface area (Å²) < 4.78 is 1.84. The van der Waals surface area contributed by atoms with E-state index >= 15 is 0 Å². The van der Waals surface area contributed by atoms with Crippen molar-refractivity contribution in [2.45, 2.75) is 58.0 Å². The molecule has 1 aliphatic rings. The molecule has 3 heterocycles. The summed E-state index contributed by atoms with van der Waals surface area (Å²) in [4.78, 5) is 16.6. The predicted octanol–water partition coefficient (Wildman–Crippen LogP) is 3.39. The normalized spacial score (nSPS) is 18.4. The van der Waals surface area contributed by atoms with E-state index in [1.165, 1.54) is 0 Å². The van der Waals surface area contributed by atoms with Gasteiger partial charge in [0.25, 0.3) is 0 Å². The lowest BCUT2D eigenvalue weighted by Gasteiger charge is -2.15. The van der Waals surface area contributed by atoms with Crippen molar-refractivity contribution in [1.82, 2.24) is 20.1 Å². The molecule has 8 nitrogen and oxygen atoms in total. The molecule has 1 aromatic carbocycles. The molecule has 1 atom stereocenters. The molecule has 3 aromatic rings. The molecule has 0 radical (unpaired) electrons. The number of anilines is 1. The monoisotopic (exact) mass is 486 g/mol. The minimum Gasteiger partial charge on any atom is -0.383 e. The number of nitrogen functional groups attached to an aromatic ring is 1. The van der Waals surface area contributed by atoms with Crippen molar-refractivity contribution in [3.63, 3.8) is 0 Å². The number of nitrogens with two attached hydrogens (primary N) is 2. The molecule has 6 N–H and O–H groups in total. The number of quaternary nitrogens is 1. The Balaban J connectivity index is 1.61. The van der Waals surface area contributed by atoms with E-state index in [-0.39, 0.29) is 11.9 Å². The highest BCUT2D eigenvalue weighted by atomic mass is 16.1. The van der Waals surface area contributed by atoms with Gasteiger partial charge in [0.05, 0.1) is 30.6 Å². The van der Waals surface area contributed by atoms with E-state index in [1.807, 2.05) is 36.0 Å². The summed E-state index contributed by atoms with van der Waals surface area (Å²) >= 11 is 0. The number of allylic oxidation sites excluding steroid dienone is 1. The van der Waals surface area contributed by atoms with Gasteiger partial charge >= 0.3 is 0 Å². The van der Waals surface area contributed by atoms with Gasteiger partial charge in [-0.3, -0.25) is 14.9 Å². The lowest BCUT2D eigenvalue weighted by Crippen LogP contribution is -2.79. The zero-order chi connectivity index (χ0) is 25.3. The van der Waals surface area contributed by atoms with Gasteiger partial charge in [0.1, 0.15) is 11.4 Å². The van der Waals surface area contributed by atoms with E-state index in [1.54, 1.807) is 12.4 Å². The van der Waals surface area contributed by atoms with Crippen LogP contribution in [0.15, 0.2) is 55.0 Å². The van der Waals surface area contributed by atoms with Crippen LogP contribution >= 0.6 is 0 Å². The van der Waals surface area contributed by atoms with Crippen molar-refractivity contribution >= 4 is 29.2 Å². The van der Waals surface area contributed by atoms with Crippen LogP contribution in [0.5, 0.6) is 0 Å². The number of pyridine rings is 1. The average molecular weight is 487 g/mol. The Morgan fingerprint density at radius 3 is 2.89 bits per heavy atom. The molecule has 1 amide bonds. The van der Waals surface area contributed by atoms with Crippen LogP contribution in [-0.2, 0) is 11.3 Å². The Labute approximate surface area is 212 Å². The van der Waals surface area contributed by atoms with Crippen molar-refractivity contribution in [2.24, 2.45) is 0 Å². The minimum absolute atomic E-state index is 0.0798. The van der Waals surface area contributed by atoms with Gasteiger partial charge in [-0.05, 0) is 31.7 Å². The van der Waals surface area contributed by atoms with Crippen LogP contribution in [0.3, 0.4) is 0 Å².